The van der Waals surface area contributed by atoms with Gasteiger partial charge in [-0.25, -0.2) is 4.98 Å². The molecule has 1 unspecified atom stereocenters. The van der Waals surface area contributed by atoms with Crippen LogP contribution in [-0.4, -0.2) is 41.0 Å². The van der Waals surface area contributed by atoms with Gasteiger partial charge < -0.3 is 14.6 Å². The number of hydrogen-bond acceptors (Lipinski definition) is 5. The lowest BCUT2D eigenvalue weighted by Gasteiger charge is -2.32. The number of thiophene rings is 1. The van der Waals surface area contributed by atoms with E-state index in [2.05, 4.69) is 4.98 Å². The third kappa shape index (κ3) is 3.99. The predicted octanol–water partition coefficient (Wildman–Crippen LogP) is 3.82. The molecule has 1 N–H and O–H groups in total. The first-order valence-electron chi connectivity index (χ1n) is 11.1. The Morgan fingerprint density at radius 3 is 2.84 bits per heavy atom. The second-order valence-corrected chi connectivity index (χ2v) is 9.63. The lowest BCUT2D eigenvalue weighted by molar-refractivity contribution is -0.131. The highest BCUT2D eigenvalue weighted by molar-refractivity contribution is 7.18. The highest BCUT2D eigenvalue weighted by atomic mass is 32.1. The Labute approximate surface area is 185 Å². The summed E-state index contributed by atoms with van der Waals surface area (Å²) in [4.78, 5) is 37.9. The highest BCUT2D eigenvalue weighted by Crippen LogP contribution is 2.34. The zero-order valence-electron chi connectivity index (χ0n) is 17.8. The number of amides is 1. The second-order valence-electron chi connectivity index (χ2n) is 8.55. The van der Waals surface area contributed by atoms with Crippen molar-refractivity contribution in [3.63, 3.8) is 0 Å². The van der Waals surface area contributed by atoms with Gasteiger partial charge in [0.2, 0.25) is 5.91 Å². The van der Waals surface area contributed by atoms with E-state index in [1.165, 1.54) is 16.9 Å². The van der Waals surface area contributed by atoms with Gasteiger partial charge in [0.15, 0.2) is 0 Å². The Hall–Kier alpha value is -2.67. The van der Waals surface area contributed by atoms with Gasteiger partial charge in [0, 0.05) is 23.9 Å². The van der Waals surface area contributed by atoms with Crippen LogP contribution in [0.25, 0.3) is 10.2 Å². The summed E-state index contributed by atoms with van der Waals surface area (Å²) < 4.78 is 5.19. The maximum absolute atomic E-state index is 12.9. The fraction of sp³-hybridized carbons (Fsp3) is 0.458. The van der Waals surface area contributed by atoms with E-state index in [1.54, 1.807) is 18.4 Å². The average Bonchev–Trinajstić information content (AvgIpc) is 3.18. The molecule has 31 heavy (non-hydrogen) atoms. The van der Waals surface area contributed by atoms with Crippen LogP contribution in [0, 0.1) is 0 Å². The van der Waals surface area contributed by atoms with Crippen molar-refractivity contribution in [2.24, 2.45) is 0 Å². The minimum atomic E-state index is -0.0129. The van der Waals surface area contributed by atoms with Crippen molar-refractivity contribution >= 4 is 27.5 Å². The second kappa shape index (κ2) is 8.46. The van der Waals surface area contributed by atoms with Crippen LogP contribution in [-0.2, 0) is 24.1 Å². The van der Waals surface area contributed by atoms with E-state index in [0.717, 1.165) is 66.0 Å². The standard InChI is InChI=1S/C24H27N3O3S/c1-30-17-10-8-15(9-11-17)13-20(28)27-12-4-5-16(14-27)22-25-23(29)21-18-6-2-3-7-19(18)31-24(21)26-22/h8-11,16H,2-7,12-14H2,1H3,(H,25,26,29). The van der Waals surface area contributed by atoms with Gasteiger partial charge in [-0.1, -0.05) is 12.1 Å². The van der Waals surface area contributed by atoms with E-state index in [9.17, 15) is 9.59 Å². The van der Waals surface area contributed by atoms with Gasteiger partial charge in [0.05, 0.1) is 18.9 Å². The number of ether oxygens (including phenoxy) is 1. The molecule has 2 aliphatic rings. The van der Waals surface area contributed by atoms with Crippen molar-refractivity contribution in [2.45, 2.75) is 50.9 Å². The molecule has 1 aliphatic carbocycles. The normalized spacial score (nSPS) is 18.7. The minimum absolute atomic E-state index is 0.0129. The maximum Gasteiger partial charge on any atom is 0.259 e. The number of aromatic amines is 1. The molecule has 6 nitrogen and oxygen atoms in total. The molecule has 2 aromatic heterocycles. The number of carbonyl (C=O) groups excluding carboxylic acids is 1. The van der Waals surface area contributed by atoms with Gasteiger partial charge in [0.1, 0.15) is 16.4 Å². The minimum Gasteiger partial charge on any atom is -0.497 e. The summed E-state index contributed by atoms with van der Waals surface area (Å²) in [5.41, 5.74) is 2.18. The van der Waals surface area contributed by atoms with Crippen LogP contribution in [0.1, 0.15) is 53.4 Å². The van der Waals surface area contributed by atoms with Crippen LogP contribution in [0.15, 0.2) is 29.1 Å². The molecular formula is C24H27N3O3S. The van der Waals surface area contributed by atoms with E-state index < -0.39 is 0 Å². The van der Waals surface area contributed by atoms with E-state index in [1.807, 2.05) is 29.2 Å². The zero-order chi connectivity index (χ0) is 21.4. The van der Waals surface area contributed by atoms with Crippen molar-refractivity contribution in [2.75, 3.05) is 20.2 Å². The average molecular weight is 438 g/mol. The molecule has 1 fully saturated rings. The van der Waals surface area contributed by atoms with Gasteiger partial charge >= 0.3 is 0 Å². The molecule has 3 aromatic rings. The third-order valence-corrected chi connectivity index (χ3v) is 7.70. The first-order chi connectivity index (χ1) is 15.1. The van der Waals surface area contributed by atoms with Crippen LogP contribution in [0.5, 0.6) is 5.75 Å². The van der Waals surface area contributed by atoms with Gasteiger partial charge in [-0.3, -0.25) is 9.59 Å². The molecule has 0 bridgehead atoms. The van der Waals surface area contributed by atoms with Crippen molar-refractivity contribution in [1.29, 1.82) is 0 Å². The number of carbonyl (C=O) groups is 1. The molecule has 1 aliphatic heterocycles. The molecule has 3 heterocycles. The Morgan fingerprint density at radius 1 is 1.23 bits per heavy atom. The van der Waals surface area contributed by atoms with E-state index in [4.69, 9.17) is 9.72 Å². The van der Waals surface area contributed by atoms with Crippen LogP contribution in [0.4, 0.5) is 0 Å². The largest absolute Gasteiger partial charge is 0.497 e. The molecule has 1 aromatic carbocycles. The van der Waals surface area contributed by atoms with E-state index in [-0.39, 0.29) is 17.4 Å². The van der Waals surface area contributed by atoms with Crippen LogP contribution < -0.4 is 10.3 Å². The maximum atomic E-state index is 12.9. The van der Waals surface area contributed by atoms with E-state index >= 15 is 0 Å². The monoisotopic (exact) mass is 437 g/mol. The zero-order valence-corrected chi connectivity index (χ0v) is 18.6. The van der Waals surface area contributed by atoms with Crippen LogP contribution in [0.3, 0.4) is 0 Å². The van der Waals surface area contributed by atoms with Crippen molar-refractivity contribution < 1.29 is 9.53 Å². The van der Waals surface area contributed by atoms with Gasteiger partial charge in [-0.2, -0.15) is 0 Å². The quantitative estimate of drug-likeness (QED) is 0.673. The van der Waals surface area contributed by atoms with Crippen molar-refractivity contribution in [1.82, 2.24) is 14.9 Å². The van der Waals surface area contributed by atoms with Crippen molar-refractivity contribution in [3.8, 4) is 5.75 Å². The summed E-state index contributed by atoms with van der Waals surface area (Å²) in [6, 6.07) is 7.63. The molecule has 0 radical (unpaired) electrons. The number of likely N-dealkylation sites (tertiary alicyclic amines) is 1. The summed E-state index contributed by atoms with van der Waals surface area (Å²) in [6.07, 6.45) is 6.61. The van der Waals surface area contributed by atoms with Crippen LogP contribution >= 0.6 is 11.3 Å². The van der Waals surface area contributed by atoms with Gasteiger partial charge in [0.25, 0.3) is 5.56 Å². The molecule has 1 saturated heterocycles. The number of methoxy groups -OCH3 is 1. The Kier molecular flexibility index (Phi) is 5.52. The fourth-order valence-corrected chi connectivity index (χ4v) is 6.10. The summed E-state index contributed by atoms with van der Waals surface area (Å²) in [5.74, 6) is 1.71. The molecule has 5 rings (SSSR count). The summed E-state index contributed by atoms with van der Waals surface area (Å²) in [7, 11) is 1.63. The number of piperidine rings is 1. The third-order valence-electron chi connectivity index (χ3n) is 6.52. The number of rotatable bonds is 4. The summed E-state index contributed by atoms with van der Waals surface area (Å²) in [6.45, 7) is 1.36. The molecule has 1 amide bonds. The molecular weight excluding hydrogens is 410 g/mol. The number of aromatic nitrogens is 2. The van der Waals surface area contributed by atoms with E-state index in [0.29, 0.717) is 13.0 Å². The highest BCUT2D eigenvalue weighted by Gasteiger charge is 2.28. The number of benzene rings is 1. The Balaban J connectivity index is 1.34. The SMILES string of the molecule is COc1ccc(CC(=O)N2CCCC(c3nc4sc5c(c4c(=O)[nH]3)CCCC5)C2)cc1. The number of nitrogens with one attached hydrogen (secondary N) is 1. The Morgan fingerprint density at radius 2 is 2.03 bits per heavy atom. The first-order valence-corrected chi connectivity index (χ1v) is 11.9. The van der Waals surface area contributed by atoms with Gasteiger partial charge in [-0.15, -0.1) is 11.3 Å². The molecule has 162 valence electrons. The predicted molar refractivity (Wildman–Crippen MR) is 122 cm³/mol. The number of nitrogens with zero attached hydrogens (tertiary/aromatic N) is 2. The summed E-state index contributed by atoms with van der Waals surface area (Å²) in [5, 5.41) is 0.798. The fourth-order valence-electron chi connectivity index (χ4n) is 4.83. The number of aryl methyl sites for hydroxylation is 2. The summed E-state index contributed by atoms with van der Waals surface area (Å²) >= 11 is 1.68. The van der Waals surface area contributed by atoms with Crippen LogP contribution in [0.2, 0.25) is 0 Å². The number of fused-ring (bicyclic) bond motifs is 3. The number of hydrogen-bond donors (Lipinski definition) is 1. The smallest absolute Gasteiger partial charge is 0.259 e. The molecule has 7 heteroatoms. The Bertz CT molecular complexity index is 1170. The topological polar surface area (TPSA) is 75.3 Å². The molecule has 0 spiro atoms. The lowest BCUT2D eigenvalue weighted by Crippen LogP contribution is -2.40. The number of H-pyrrole nitrogens is 1. The lowest BCUT2D eigenvalue weighted by atomic mass is 9.95. The molecule has 1 atom stereocenters. The molecule has 0 saturated carbocycles. The first kappa shape index (κ1) is 20.2. The van der Waals surface area contributed by atoms with Crippen molar-refractivity contribution in [3.05, 3.63) is 56.4 Å². The van der Waals surface area contributed by atoms with Gasteiger partial charge in [-0.05, 0) is 61.8 Å².